The SMILES string of the molecule is CCC(=O)N1CCN(c2ccc(NC(=O)c3ccc(N4CCC(C)CC4)c([N+](=O)[O-])c3)cc2)CC1. The molecule has 0 aliphatic carbocycles. The van der Waals surface area contributed by atoms with Crippen LogP contribution in [0.2, 0.25) is 0 Å². The first-order chi connectivity index (χ1) is 16.9. The first kappa shape index (κ1) is 24.5. The zero-order valence-corrected chi connectivity index (χ0v) is 20.4. The second-order valence-corrected chi connectivity index (χ2v) is 9.35. The number of carbonyl (C=O) groups is 2. The summed E-state index contributed by atoms with van der Waals surface area (Å²) in [7, 11) is 0. The highest BCUT2D eigenvalue weighted by Crippen LogP contribution is 2.32. The topological polar surface area (TPSA) is 99.0 Å². The van der Waals surface area contributed by atoms with E-state index in [1.165, 1.54) is 6.07 Å². The number of rotatable bonds is 6. The Labute approximate surface area is 205 Å². The molecule has 0 saturated carbocycles. The van der Waals surface area contributed by atoms with Gasteiger partial charge >= 0.3 is 0 Å². The Morgan fingerprint density at radius 2 is 1.63 bits per heavy atom. The Balaban J connectivity index is 1.40. The van der Waals surface area contributed by atoms with Gasteiger partial charge in [-0.15, -0.1) is 0 Å². The van der Waals surface area contributed by atoms with Gasteiger partial charge in [-0.1, -0.05) is 13.8 Å². The van der Waals surface area contributed by atoms with Gasteiger partial charge in [0.15, 0.2) is 0 Å². The first-order valence-corrected chi connectivity index (χ1v) is 12.3. The van der Waals surface area contributed by atoms with Gasteiger partial charge in [0.1, 0.15) is 5.69 Å². The van der Waals surface area contributed by atoms with Crippen molar-refractivity contribution in [2.45, 2.75) is 33.1 Å². The molecule has 186 valence electrons. The smallest absolute Gasteiger partial charge is 0.293 e. The van der Waals surface area contributed by atoms with E-state index in [1.54, 1.807) is 12.1 Å². The van der Waals surface area contributed by atoms with Crippen LogP contribution in [0.15, 0.2) is 42.5 Å². The monoisotopic (exact) mass is 479 g/mol. The van der Waals surface area contributed by atoms with Crippen molar-refractivity contribution >= 4 is 34.6 Å². The van der Waals surface area contributed by atoms with Gasteiger partial charge in [-0.2, -0.15) is 0 Å². The number of nitrogens with one attached hydrogen (secondary N) is 1. The lowest BCUT2D eigenvalue weighted by Crippen LogP contribution is -2.48. The van der Waals surface area contributed by atoms with E-state index in [4.69, 9.17) is 0 Å². The fraction of sp³-hybridized carbons (Fsp3) is 0.462. The van der Waals surface area contributed by atoms with Crippen LogP contribution in [0.25, 0.3) is 0 Å². The molecule has 0 aromatic heterocycles. The molecule has 0 spiro atoms. The molecule has 9 heteroatoms. The van der Waals surface area contributed by atoms with Crippen LogP contribution < -0.4 is 15.1 Å². The highest BCUT2D eigenvalue weighted by atomic mass is 16.6. The van der Waals surface area contributed by atoms with Crippen molar-refractivity contribution in [1.82, 2.24) is 4.90 Å². The molecule has 1 N–H and O–H groups in total. The summed E-state index contributed by atoms with van der Waals surface area (Å²) in [4.78, 5) is 42.2. The minimum absolute atomic E-state index is 0.0387. The number of piperazine rings is 1. The van der Waals surface area contributed by atoms with Crippen LogP contribution in [0.5, 0.6) is 0 Å². The summed E-state index contributed by atoms with van der Waals surface area (Å²) in [6.07, 6.45) is 2.53. The van der Waals surface area contributed by atoms with Gasteiger partial charge in [0, 0.05) is 68.7 Å². The number of hydrogen-bond donors (Lipinski definition) is 1. The van der Waals surface area contributed by atoms with Crippen LogP contribution in [-0.2, 0) is 4.79 Å². The third kappa shape index (κ3) is 5.72. The van der Waals surface area contributed by atoms with Gasteiger partial charge in [-0.05, 0) is 55.2 Å². The maximum Gasteiger partial charge on any atom is 0.293 e. The van der Waals surface area contributed by atoms with Crippen LogP contribution in [0.1, 0.15) is 43.5 Å². The maximum absolute atomic E-state index is 12.8. The molecule has 2 fully saturated rings. The standard InChI is InChI=1S/C26H33N5O4/c1-3-25(32)30-16-14-28(15-17-30)22-7-5-21(6-8-22)27-26(33)20-4-9-23(24(18-20)31(34)35)29-12-10-19(2)11-13-29/h4-9,18-19H,3,10-17H2,1-2H3,(H,27,33). The summed E-state index contributed by atoms with van der Waals surface area (Å²) in [5.74, 6) is 0.421. The van der Waals surface area contributed by atoms with Crippen molar-refractivity contribution in [1.29, 1.82) is 0 Å². The van der Waals surface area contributed by atoms with Gasteiger partial charge in [-0.25, -0.2) is 0 Å². The molecular weight excluding hydrogens is 446 g/mol. The Morgan fingerprint density at radius 3 is 2.23 bits per heavy atom. The molecule has 0 unspecified atom stereocenters. The lowest BCUT2D eigenvalue weighted by molar-refractivity contribution is -0.384. The zero-order valence-electron chi connectivity index (χ0n) is 20.4. The summed E-state index contributed by atoms with van der Waals surface area (Å²) in [5, 5.41) is 14.6. The minimum Gasteiger partial charge on any atom is -0.368 e. The molecule has 2 aromatic carbocycles. The van der Waals surface area contributed by atoms with E-state index in [9.17, 15) is 19.7 Å². The third-order valence-corrected chi connectivity index (χ3v) is 6.98. The molecule has 2 saturated heterocycles. The van der Waals surface area contributed by atoms with E-state index in [1.807, 2.05) is 41.0 Å². The van der Waals surface area contributed by atoms with Gasteiger partial charge in [0.05, 0.1) is 4.92 Å². The van der Waals surface area contributed by atoms with Gasteiger partial charge in [0.25, 0.3) is 11.6 Å². The van der Waals surface area contributed by atoms with Crippen LogP contribution in [0.4, 0.5) is 22.7 Å². The predicted molar refractivity (Wildman–Crippen MR) is 137 cm³/mol. The summed E-state index contributed by atoms with van der Waals surface area (Å²) < 4.78 is 0. The fourth-order valence-electron chi connectivity index (χ4n) is 4.72. The van der Waals surface area contributed by atoms with Gasteiger partial charge in [0.2, 0.25) is 5.91 Å². The van der Waals surface area contributed by atoms with Crippen LogP contribution in [0.3, 0.4) is 0 Å². The van der Waals surface area contributed by atoms with Crippen molar-refractivity contribution in [3.8, 4) is 0 Å². The van der Waals surface area contributed by atoms with Crippen molar-refractivity contribution in [3.63, 3.8) is 0 Å². The number of carbonyl (C=O) groups excluding carboxylic acids is 2. The van der Waals surface area contributed by atoms with E-state index in [2.05, 4.69) is 17.1 Å². The number of benzene rings is 2. The molecular formula is C26H33N5O4. The number of hydrogen-bond acceptors (Lipinski definition) is 6. The van der Waals surface area contributed by atoms with E-state index in [0.717, 1.165) is 44.7 Å². The number of nitrogens with zero attached hydrogens (tertiary/aromatic N) is 4. The van der Waals surface area contributed by atoms with Gasteiger partial charge < -0.3 is 20.0 Å². The Kier molecular flexibility index (Phi) is 7.53. The quantitative estimate of drug-likeness (QED) is 0.494. The largest absolute Gasteiger partial charge is 0.368 e. The Bertz CT molecular complexity index is 1070. The van der Waals surface area contributed by atoms with Gasteiger partial charge in [-0.3, -0.25) is 19.7 Å². The summed E-state index contributed by atoms with van der Waals surface area (Å²) >= 11 is 0. The van der Waals surface area contributed by atoms with Crippen LogP contribution in [0, 0.1) is 16.0 Å². The number of amides is 2. The lowest BCUT2D eigenvalue weighted by atomic mass is 9.98. The average Bonchev–Trinajstić information content (AvgIpc) is 2.89. The minimum atomic E-state index is -0.410. The highest BCUT2D eigenvalue weighted by molar-refractivity contribution is 6.05. The second-order valence-electron chi connectivity index (χ2n) is 9.35. The number of anilines is 3. The van der Waals surface area contributed by atoms with Crippen molar-refractivity contribution in [3.05, 3.63) is 58.1 Å². The number of nitro groups is 1. The molecule has 35 heavy (non-hydrogen) atoms. The van der Waals surface area contributed by atoms with E-state index < -0.39 is 4.92 Å². The fourth-order valence-corrected chi connectivity index (χ4v) is 4.72. The number of nitro benzene ring substituents is 1. The molecule has 2 heterocycles. The first-order valence-electron chi connectivity index (χ1n) is 12.3. The maximum atomic E-state index is 12.8. The molecule has 4 rings (SSSR count). The third-order valence-electron chi connectivity index (χ3n) is 6.98. The van der Waals surface area contributed by atoms with Crippen molar-refractivity contribution in [2.75, 3.05) is 54.4 Å². The molecule has 0 atom stereocenters. The lowest BCUT2D eigenvalue weighted by Gasteiger charge is -2.36. The van der Waals surface area contributed by atoms with E-state index in [-0.39, 0.29) is 23.1 Å². The Hall–Kier alpha value is -3.62. The molecule has 0 radical (unpaired) electrons. The van der Waals surface area contributed by atoms with Crippen molar-refractivity contribution in [2.24, 2.45) is 5.92 Å². The number of piperidine rings is 1. The Morgan fingerprint density at radius 1 is 0.971 bits per heavy atom. The second kappa shape index (κ2) is 10.8. The zero-order chi connectivity index (χ0) is 24.9. The van der Waals surface area contributed by atoms with Crippen LogP contribution in [-0.4, -0.2) is 60.9 Å². The molecule has 0 bridgehead atoms. The molecule has 9 nitrogen and oxygen atoms in total. The van der Waals surface area contributed by atoms with E-state index in [0.29, 0.717) is 36.8 Å². The van der Waals surface area contributed by atoms with E-state index >= 15 is 0 Å². The van der Waals surface area contributed by atoms with Crippen molar-refractivity contribution < 1.29 is 14.5 Å². The summed E-state index contributed by atoms with van der Waals surface area (Å²) in [6.45, 7) is 8.58. The summed E-state index contributed by atoms with van der Waals surface area (Å²) in [5.41, 5.74) is 2.44. The van der Waals surface area contributed by atoms with Crippen LogP contribution >= 0.6 is 0 Å². The molecule has 2 amide bonds. The molecule has 2 aliphatic rings. The molecule has 2 aliphatic heterocycles. The predicted octanol–water partition coefficient (Wildman–Crippen LogP) is 4.14. The highest BCUT2D eigenvalue weighted by Gasteiger charge is 2.25. The normalized spacial score (nSPS) is 16.8. The molecule has 2 aromatic rings. The summed E-state index contributed by atoms with van der Waals surface area (Å²) in [6, 6.07) is 12.2. The average molecular weight is 480 g/mol.